The van der Waals surface area contributed by atoms with Crippen LogP contribution in [0.1, 0.15) is 10.5 Å². The molecule has 0 radical (unpaired) electrons. The number of morpholine rings is 1. The van der Waals surface area contributed by atoms with E-state index >= 15 is 0 Å². The number of rotatable bonds is 3. The van der Waals surface area contributed by atoms with E-state index in [1.54, 1.807) is 42.5 Å². The molecule has 2 aliphatic heterocycles. The van der Waals surface area contributed by atoms with Crippen molar-refractivity contribution in [3.05, 3.63) is 53.2 Å². The maximum absolute atomic E-state index is 12.9. The van der Waals surface area contributed by atoms with Crippen molar-refractivity contribution in [2.24, 2.45) is 0 Å². The fourth-order valence-corrected chi connectivity index (χ4v) is 3.53. The first-order valence-corrected chi connectivity index (χ1v) is 8.99. The van der Waals surface area contributed by atoms with Crippen molar-refractivity contribution < 1.29 is 14.3 Å². The molecular formula is C19H20ClN3O3. The van der Waals surface area contributed by atoms with Crippen molar-refractivity contribution in [3.63, 3.8) is 0 Å². The van der Waals surface area contributed by atoms with Crippen molar-refractivity contribution >= 4 is 17.5 Å². The zero-order valence-corrected chi connectivity index (χ0v) is 15.2. The van der Waals surface area contributed by atoms with E-state index in [2.05, 4.69) is 16.9 Å². The topological polar surface area (TPSA) is 54.9 Å². The van der Waals surface area contributed by atoms with Crippen LogP contribution < -0.4 is 4.74 Å². The molecule has 2 fully saturated rings. The number of hydrogen-bond acceptors (Lipinski definition) is 5. The molecule has 2 aromatic rings. The Morgan fingerprint density at radius 2 is 2.04 bits per heavy atom. The lowest BCUT2D eigenvalue weighted by atomic mass is 10.1. The molecule has 0 unspecified atom stereocenters. The van der Waals surface area contributed by atoms with Crippen LogP contribution in [0.5, 0.6) is 11.6 Å². The number of hydrogen-bond donors (Lipinski definition) is 0. The van der Waals surface area contributed by atoms with Gasteiger partial charge in [0, 0.05) is 30.7 Å². The molecule has 0 aliphatic carbocycles. The van der Waals surface area contributed by atoms with Gasteiger partial charge in [0.25, 0.3) is 5.91 Å². The Morgan fingerprint density at radius 1 is 1.23 bits per heavy atom. The maximum Gasteiger partial charge on any atom is 0.272 e. The van der Waals surface area contributed by atoms with E-state index in [0.29, 0.717) is 42.0 Å². The summed E-state index contributed by atoms with van der Waals surface area (Å²) in [5.41, 5.74) is 0.373. The molecule has 26 heavy (non-hydrogen) atoms. The first-order chi connectivity index (χ1) is 12.6. The molecule has 2 aliphatic rings. The third kappa shape index (κ3) is 3.53. The van der Waals surface area contributed by atoms with Crippen LogP contribution in [0, 0.1) is 0 Å². The molecule has 4 rings (SSSR count). The van der Waals surface area contributed by atoms with Gasteiger partial charge in [-0.05, 0) is 37.4 Å². The lowest BCUT2D eigenvalue weighted by Crippen LogP contribution is -2.48. The molecule has 0 bridgehead atoms. The van der Waals surface area contributed by atoms with Crippen LogP contribution in [0.15, 0.2) is 42.5 Å². The van der Waals surface area contributed by atoms with E-state index in [4.69, 9.17) is 21.1 Å². The van der Waals surface area contributed by atoms with Crippen molar-refractivity contribution in [3.8, 4) is 11.6 Å². The van der Waals surface area contributed by atoms with Crippen LogP contribution in [0.25, 0.3) is 0 Å². The molecule has 0 saturated carbocycles. The van der Waals surface area contributed by atoms with Gasteiger partial charge in [-0.2, -0.15) is 0 Å². The zero-order valence-electron chi connectivity index (χ0n) is 14.5. The van der Waals surface area contributed by atoms with Gasteiger partial charge in [-0.25, -0.2) is 4.98 Å². The van der Waals surface area contributed by atoms with Crippen LogP contribution in [0.2, 0.25) is 5.02 Å². The Kier molecular flexibility index (Phi) is 4.80. The normalized spacial score (nSPS) is 22.9. The number of benzene rings is 1. The molecule has 3 heterocycles. The number of pyridine rings is 1. The van der Waals surface area contributed by atoms with Gasteiger partial charge in [0.1, 0.15) is 11.4 Å². The van der Waals surface area contributed by atoms with E-state index in [0.717, 1.165) is 6.54 Å². The Bertz CT molecular complexity index is 799. The summed E-state index contributed by atoms with van der Waals surface area (Å²) in [7, 11) is 2.08. The number of nitrogens with zero attached hydrogens (tertiary/aromatic N) is 3. The number of halogens is 1. The average molecular weight is 374 g/mol. The smallest absolute Gasteiger partial charge is 0.272 e. The van der Waals surface area contributed by atoms with Crippen LogP contribution in [-0.4, -0.2) is 66.1 Å². The Morgan fingerprint density at radius 3 is 2.81 bits per heavy atom. The van der Waals surface area contributed by atoms with E-state index in [9.17, 15) is 4.79 Å². The van der Waals surface area contributed by atoms with Crippen LogP contribution >= 0.6 is 11.6 Å². The standard InChI is InChI=1S/C19H20ClN3O3/c1-22-9-10-25-17-12-23(11-16(17)22)19(24)15-3-2-4-18(21-15)26-14-7-5-13(20)6-8-14/h2-8,16-17H,9-12H2,1H3/t16-,17+/m0/s1. The monoisotopic (exact) mass is 373 g/mol. The van der Waals surface area contributed by atoms with Gasteiger partial charge in [-0.3, -0.25) is 9.69 Å². The first kappa shape index (κ1) is 17.3. The predicted molar refractivity (Wildman–Crippen MR) is 97.8 cm³/mol. The lowest BCUT2D eigenvalue weighted by molar-refractivity contribution is -0.0368. The summed E-state index contributed by atoms with van der Waals surface area (Å²) in [4.78, 5) is 21.3. The molecule has 0 spiro atoms. The quantitative estimate of drug-likeness (QED) is 0.828. The lowest BCUT2D eigenvalue weighted by Gasteiger charge is -2.33. The van der Waals surface area contributed by atoms with Crippen LogP contribution in [-0.2, 0) is 4.74 Å². The molecule has 7 heteroatoms. The second-order valence-corrected chi connectivity index (χ2v) is 7.02. The Balaban J connectivity index is 1.47. The minimum atomic E-state index is -0.0991. The van der Waals surface area contributed by atoms with Gasteiger partial charge in [0.15, 0.2) is 0 Å². The fourth-order valence-electron chi connectivity index (χ4n) is 3.40. The minimum absolute atomic E-state index is 0.0752. The van der Waals surface area contributed by atoms with E-state index < -0.39 is 0 Å². The van der Waals surface area contributed by atoms with E-state index in [1.807, 2.05) is 4.90 Å². The molecule has 1 amide bonds. The second-order valence-electron chi connectivity index (χ2n) is 6.58. The number of likely N-dealkylation sites (tertiary alicyclic amines) is 1. The van der Waals surface area contributed by atoms with E-state index in [-0.39, 0.29) is 18.1 Å². The molecule has 1 aromatic carbocycles. The van der Waals surface area contributed by atoms with Crippen LogP contribution in [0.4, 0.5) is 0 Å². The molecule has 0 N–H and O–H groups in total. The zero-order chi connectivity index (χ0) is 18.1. The van der Waals surface area contributed by atoms with Crippen molar-refractivity contribution in [2.45, 2.75) is 12.1 Å². The number of aromatic nitrogens is 1. The number of likely N-dealkylation sites (N-methyl/N-ethyl adjacent to an activating group) is 1. The summed E-state index contributed by atoms with van der Waals surface area (Å²) in [6, 6.07) is 12.5. The average Bonchev–Trinajstić information content (AvgIpc) is 3.09. The van der Waals surface area contributed by atoms with Crippen molar-refractivity contribution in [1.82, 2.24) is 14.8 Å². The number of ether oxygens (including phenoxy) is 2. The summed E-state index contributed by atoms with van der Waals surface area (Å²) in [6.45, 7) is 2.86. The van der Waals surface area contributed by atoms with Gasteiger partial charge in [0.2, 0.25) is 5.88 Å². The van der Waals surface area contributed by atoms with E-state index in [1.165, 1.54) is 0 Å². The third-order valence-corrected chi connectivity index (χ3v) is 5.10. The molecule has 2 saturated heterocycles. The molecule has 1 aromatic heterocycles. The van der Waals surface area contributed by atoms with Crippen molar-refractivity contribution in [2.75, 3.05) is 33.3 Å². The van der Waals surface area contributed by atoms with Gasteiger partial charge >= 0.3 is 0 Å². The summed E-state index contributed by atoms with van der Waals surface area (Å²) in [5, 5.41) is 0.636. The highest BCUT2D eigenvalue weighted by Gasteiger charge is 2.40. The summed E-state index contributed by atoms with van der Waals surface area (Å²) >= 11 is 5.88. The highest BCUT2D eigenvalue weighted by Crippen LogP contribution is 2.25. The number of fused-ring (bicyclic) bond motifs is 1. The summed E-state index contributed by atoms with van der Waals surface area (Å²) in [6.07, 6.45) is 0.0752. The van der Waals surface area contributed by atoms with Gasteiger partial charge in [0.05, 0.1) is 18.8 Å². The van der Waals surface area contributed by atoms with Gasteiger partial charge in [-0.15, -0.1) is 0 Å². The highest BCUT2D eigenvalue weighted by atomic mass is 35.5. The molecule has 2 atom stereocenters. The molecular weight excluding hydrogens is 354 g/mol. The van der Waals surface area contributed by atoms with Gasteiger partial charge in [-0.1, -0.05) is 17.7 Å². The maximum atomic E-state index is 12.9. The largest absolute Gasteiger partial charge is 0.439 e. The second kappa shape index (κ2) is 7.23. The van der Waals surface area contributed by atoms with Crippen molar-refractivity contribution in [1.29, 1.82) is 0 Å². The summed E-state index contributed by atoms with van der Waals surface area (Å²) < 4.78 is 11.5. The van der Waals surface area contributed by atoms with Crippen LogP contribution in [0.3, 0.4) is 0 Å². The number of carbonyl (C=O) groups is 1. The van der Waals surface area contributed by atoms with Gasteiger partial charge < -0.3 is 14.4 Å². The SMILES string of the molecule is CN1CCO[C@@H]2CN(C(=O)c3cccc(Oc4ccc(Cl)cc4)n3)C[C@@H]21. The minimum Gasteiger partial charge on any atom is -0.439 e. The summed E-state index contributed by atoms with van der Waals surface area (Å²) in [5.74, 6) is 0.898. The molecule has 6 nitrogen and oxygen atoms in total. The Hall–Kier alpha value is -2.15. The number of carbonyl (C=O) groups excluding carboxylic acids is 1. The first-order valence-electron chi connectivity index (χ1n) is 8.62. The fraction of sp³-hybridized carbons (Fsp3) is 0.368. The molecule has 136 valence electrons. The number of amides is 1. The highest BCUT2D eigenvalue weighted by molar-refractivity contribution is 6.30. The Labute approximate surface area is 157 Å². The third-order valence-electron chi connectivity index (χ3n) is 4.84. The predicted octanol–water partition coefficient (Wildman–Crippen LogP) is 2.68.